The normalized spacial score (nSPS) is 11.2. The van der Waals surface area contributed by atoms with E-state index in [-0.39, 0.29) is 5.82 Å². The van der Waals surface area contributed by atoms with E-state index in [1.807, 2.05) is 24.3 Å². The van der Waals surface area contributed by atoms with Crippen molar-refractivity contribution >= 4 is 50.3 Å². The van der Waals surface area contributed by atoms with E-state index in [0.717, 1.165) is 20.6 Å². The minimum atomic E-state index is -0.319. The predicted molar refractivity (Wildman–Crippen MR) is 105 cm³/mol. The quantitative estimate of drug-likeness (QED) is 0.298. The third-order valence-electron chi connectivity index (χ3n) is 3.82. The molecule has 0 saturated heterocycles. The van der Waals surface area contributed by atoms with Crippen molar-refractivity contribution in [1.82, 2.24) is 19.7 Å². The van der Waals surface area contributed by atoms with Crippen LogP contribution >= 0.6 is 39.3 Å². The van der Waals surface area contributed by atoms with Crippen LogP contribution in [0.3, 0.4) is 0 Å². The average molecular weight is 450 g/mol. The molecule has 0 bridgehead atoms. The Labute approximate surface area is 166 Å². The second kappa shape index (κ2) is 7.34. The fourth-order valence-corrected chi connectivity index (χ4v) is 4.09. The molecule has 0 aliphatic carbocycles. The zero-order valence-electron chi connectivity index (χ0n) is 13.2. The van der Waals surface area contributed by atoms with Gasteiger partial charge in [-0.3, -0.25) is 0 Å². The minimum absolute atomic E-state index is 0.319. The topological polar surface area (TPSA) is 43.6 Å². The molecule has 0 aliphatic heterocycles. The zero-order valence-corrected chi connectivity index (χ0v) is 16.4. The highest BCUT2D eigenvalue weighted by atomic mass is 79.9. The Morgan fingerprint density at radius 2 is 1.92 bits per heavy atom. The van der Waals surface area contributed by atoms with Crippen molar-refractivity contribution in [2.24, 2.45) is 0 Å². The number of hydrogen-bond acceptors (Lipinski definition) is 4. The van der Waals surface area contributed by atoms with Crippen LogP contribution in [0.25, 0.3) is 16.7 Å². The molecule has 0 fully saturated rings. The van der Waals surface area contributed by atoms with Crippen LogP contribution in [0.2, 0.25) is 5.02 Å². The molecule has 0 amide bonds. The van der Waals surface area contributed by atoms with E-state index >= 15 is 0 Å². The first-order valence-corrected chi connectivity index (χ1v) is 9.79. The van der Waals surface area contributed by atoms with Gasteiger partial charge in [-0.2, -0.15) is 5.10 Å². The Morgan fingerprint density at radius 1 is 1.12 bits per heavy atom. The molecule has 0 saturated carbocycles. The Morgan fingerprint density at radius 3 is 2.69 bits per heavy atom. The van der Waals surface area contributed by atoms with Crippen LogP contribution in [-0.2, 0) is 5.75 Å². The summed E-state index contributed by atoms with van der Waals surface area (Å²) in [5, 5.41) is 6.39. The van der Waals surface area contributed by atoms with Gasteiger partial charge in [0.1, 0.15) is 17.2 Å². The lowest BCUT2D eigenvalue weighted by Crippen LogP contribution is -1.98. The van der Waals surface area contributed by atoms with Crippen molar-refractivity contribution in [3.8, 4) is 5.69 Å². The zero-order chi connectivity index (χ0) is 18.1. The summed E-state index contributed by atoms with van der Waals surface area (Å²) in [6, 6.07) is 12.5. The van der Waals surface area contributed by atoms with Crippen molar-refractivity contribution < 1.29 is 4.39 Å². The average Bonchev–Trinajstić information content (AvgIpc) is 3.07. The maximum Gasteiger partial charge on any atom is 0.167 e. The Balaban J connectivity index is 1.68. The highest BCUT2D eigenvalue weighted by Crippen LogP contribution is 2.31. The van der Waals surface area contributed by atoms with E-state index in [2.05, 4.69) is 31.0 Å². The molecule has 0 spiro atoms. The lowest BCUT2D eigenvalue weighted by Gasteiger charge is -2.06. The lowest BCUT2D eigenvalue weighted by atomic mass is 10.2. The third kappa shape index (κ3) is 3.34. The van der Waals surface area contributed by atoms with Gasteiger partial charge in [0, 0.05) is 20.8 Å². The molecule has 2 aromatic heterocycles. The molecular weight excluding hydrogens is 439 g/mol. The Hall–Kier alpha value is -1.96. The Bertz CT molecular complexity index is 1060. The summed E-state index contributed by atoms with van der Waals surface area (Å²) >= 11 is 10.9. The number of halogens is 3. The standard InChI is InChI=1S/C18H11BrClFN4S/c19-11-4-6-12(7-5-11)25-17-13(8-24-25)18(23-10-22-17)26-9-14-15(20)2-1-3-16(14)21/h1-8,10H,9H2. The van der Waals surface area contributed by atoms with Crippen molar-refractivity contribution in [1.29, 1.82) is 0 Å². The second-order valence-corrected chi connectivity index (χ2v) is 7.72. The van der Waals surface area contributed by atoms with Gasteiger partial charge in [0.05, 0.1) is 17.3 Å². The van der Waals surface area contributed by atoms with Crippen molar-refractivity contribution in [2.75, 3.05) is 0 Å². The summed E-state index contributed by atoms with van der Waals surface area (Å²) in [7, 11) is 0. The number of thioether (sulfide) groups is 1. The van der Waals surface area contributed by atoms with Crippen molar-refractivity contribution in [2.45, 2.75) is 10.8 Å². The van der Waals surface area contributed by atoms with Gasteiger partial charge < -0.3 is 0 Å². The maximum atomic E-state index is 14.0. The molecule has 130 valence electrons. The summed E-state index contributed by atoms with van der Waals surface area (Å²) in [6.45, 7) is 0. The van der Waals surface area contributed by atoms with E-state index in [1.54, 1.807) is 23.0 Å². The molecule has 2 aromatic carbocycles. The predicted octanol–water partition coefficient (Wildman–Crippen LogP) is 5.66. The van der Waals surface area contributed by atoms with E-state index in [9.17, 15) is 4.39 Å². The summed E-state index contributed by atoms with van der Waals surface area (Å²) in [5.74, 6) is 0.0574. The monoisotopic (exact) mass is 448 g/mol. The van der Waals surface area contributed by atoms with Crippen LogP contribution < -0.4 is 0 Å². The van der Waals surface area contributed by atoms with Crippen LogP contribution in [-0.4, -0.2) is 19.7 Å². The molecule has 0 unspecified atom stereocenters. The molecule has 26 heavy (non-hydrogen) atoms. The van der Waals surface area contributed by atoms with E-state index in [1.165, 1.54) is 24.2 Å². The lowest BCUT2D eigenvalue weighted by molar-refractivity contribution is 0.617. The smallest absolute Gasteiger partial charge is 0.167 e. The number of benzene rings is 2. The van der Waals surface area contributed by atoms with E-state index < -0.39 is 0 Å². The summed E-state index contributed by atoms with van der Waals surface area (Å²) < 4.78 is 16.7. The first-order valence-electron chi connectivity index (χ1n) is 7.64. The SMILES string of the molecule is Fc1cccc(Cl)c1CSc1ncnc2c1cnn2-c1ccc(Br)cc1. The fraction of sp³-hybridized carbons (Fsp3) is 0.0556. The molecule has 0 atom stereocenters. The van der Waals surface area contributed by atoms with Gasteiger partial charge in [-0.15, -0.1) is 11.8 Å². The molecule has 0 radical (unpaired) electrons. The molecular formula is C18H11BrClFN4S. The number of hydrogen-bond donors (Lipinski definition) is 0. The van der Waals surface area contributed by atoms with E-state index in [0.29, 0.717) is 22.0 Å². The van der Waals surface area contributed by atoms with Gasteiger partial charge in [0.25, 0.3) is 0 Å². The van der Waals surface area contributed by atoms with Gasteiger partial charge in [-0.1, -0.05) is 33.6 Å². The van der Waals surface area contributed by atoms with Gasteiger partial charge in [-0.25, -0.2) is 19.0 Å². The molecule has 0 aliphatic rings. The molecule has 4 rings (SSSR count). The summed E-state index contributed by atoms with van der Waals surface area (Å²) in [5.41, 5.74) is 2.06. The number of aromatic nitrogens is 4. The minimum Gasteiger partial charge on any atom is -0.229 e. The van der Waals surface area contributed by atoms with Crippen LogP contribution in [0.4, 0.5) is 4.39 Å². The third-order valence-corrected chi connectivity index (χ3v) is 5.73. The van der Waals surface area contributed by atoms with Gasteiger partial charge in [-0.05, 0) is 36.4 Å². The molecule has 4 nitrogen and oxygen atoms in total. The first-order chi connectivity index (χ1) is 12.6. The molecule has 2 heterocycles. The van der Waals surface area contributed by atoms with Gasteiger partial charge in [0.15, 0.2) is 5.65 Å². The summed E-state index contributed by atoms with van der Waals surface area (Å²) in [4.78, 5) is 8.68. The van der Waals surface area contributed by atoms with Crippen LogP contribution in [0.5, 0.6) is 0 Å². The van der Waals surface area contributed by atoms with Crippen LogP contribution in [0.1, 0.15) is 5.56 Å². The summed E-state index contributed by atoms with van der Waals surface area (Å²) in [6.07, 6.45) is 3.22. The largest absolute Gasteiger partial charge is 0.229 e. The maximum absolute atomic E-state index is 14.0. The highest BCUT2D eigenvalue weighted by Gasteiger charge is 2.13. The highest BCUT2D eigenvalue weighted by molar-refractivity contribution is 9.10. The first kappa shape index (κ1) is 17.5. The van der Waals surface area contributed by atoms with Gasteiger partial charge in [0.2, 0.25) is 0 Å². The van der Waals surface area contributed by atoms with Crippen LogP contribution in [0, 0.1) is 5.82 Å². The molecule has 4 aromatic rings. The molecule has 0 N–H and O–H groups in total. The van der Waals surface area contributed by atoms with Crippen molar-refractivity contribution in [3.63, 3.8) is 0 Å². The van der Waals surface area contributed by atoms with Crippen LogP contribution in [0.15, 0.2) is 64.5 Å². The van der Waals surface area contributed by atoms with Gasteiger partial charge >= 0.3 is 0 Å². The number of rotatable bonds is 4. The second-order valence-electron chi connectivity index (χ2n) is 5.44. The molecule has 8 heteroatoms. The number of nitrogens with zero attached hydrogens (tertiary/aromatic N) is 4. The Kier molecular flexibility index (Phi) is 4.93. The fourth-order valence-electron chi connectivity index (χ4n) is 2.52. The van der Waals surface area contributed by atoms with E-state index in [4.69, 9.17) is 11.6 Å². The van der Waals surface area contributed by atoms with Crippen molar-refractivity contribution in [3.05, 3.63) is 75.9 Å². The number of fused-ring (bicyclic) bond motifs is 1.